The minimum atomic E-state index is -3.94. The largest absolute Gasteiger partial charge is 0.497 e. The number of sulfonamides is 1. The number of hydrogen-bond donors (Lipinski definition) is 2. The third-order valence-corrected chi connectivity index (χ3v) is 6.23. The summed E-state index contributed by atoms with van der Waals surface area (Å²) in [4.78, 5) is 24.1. The van der Waals surface area contributed by atoms with Gasteiger partial charge in [0.1, 0.15) is 11.8 Å². The number of rotatable bonds is 9. The van der Waals surface area contributed by atoms with Crippen LogP contribution in [0.25, 0.3) is 0 Å². The fourth-order valence-electron chi connectivity index (χ4n) is 2.48. The second-order valence-corrected chi connectivity index (χ2v) is 9.10. The molecule has 162 valence electrons. The quantitative estimate of drug-likeness (QED) is 0.514. The molecule has 0 fully saturated rings. The monoisotopic (exact) mass is 498 g/mol. The molecule has 0 saturated carbocycles. The molecule has 30 heavy (non-hydrogen) atoms. The maximum atomic E-state index is 12.4. The van der Waals surface area contributed by atoms with Gasteiger partial charge in [0.15, 0.2) is 6.61 Å². The van der Waals surface area contributed by atoms with Crippen molar-refractivity contribution in [2.75, 3.05) is 13.7 Å². The van der Waals surface area contributed by atoms with E-state index in [1.54, 1.807) is 6.92 Å². The van der Waals surface area contributed by atoms with Crippen LogP contribution in [-0.4, -0.2) is 40.1 Å². The van der Waals surface area contributed by atoms with E-state index in [-0.39, 0.29) is 10.9 Å². The predicted octanol–water partition coefficient (Wildman–Crippen LogP) is 2.55. The van der Waals surface area contributed by atoms with Crippen LogP contribution in [0.15, 0.2) is 57.9 Å². The Kier molecular flexibility index (Phi) is 8.39. The van der Waals surface area contributed by atoms with Gasteiger partial charge in [-0.15, -0.1) is 0 Å². The van der Waals surface area contributed by atoms with Crippen LogP contribution in [0.4, 0.5) is 0 Å². The second kappa shape index (κ2) is 10.6. The Balaban J connectivity index is 1.85. The number of hydrogen-bond acceptors (Lipinski definition) is 6. The molecule has 0 aliphatic rings. The molecule has 2 N–H and O–H groups in total. The molecule has 0 heterocycles. The van der Waals surface area contributed by atoms with E-state index in [9.17, 15) is 18.0 Å². The first kappa shape index (κ1) is 23.8. The van der Waals surface area contributed by atoms with E-state index >= 15 is 0 Å². The number of carbonyl (C=O) groups is 2. The zero-order chi connectivity index (χ0) is 22.3. The normalized spacial score (nSPS) is 13.2. The van der Waals surface area contributed by atoms with Crippen LogP contribution in [0.3, 0.4) is 0 Å². The van der Waals surface area contributed by atoms with Gasteiger partial charge < -0.3 is 14.8 Å². The summed E-state index contributed by atoms with van der Waals surface area (Å²) in [6.45, 7) is 2.62. The lowest BCUT2D eigenvalue weighted by Gasteiger charge is -2.16. The van der Waals surface area contributed by atoms with E-state index in [4.69, 9.17) is 9.47 Å². The molecule has 2 unspecified atom stereocenters. The lowest BCUT2D eigenvalue weighted by Crippen LogP contribution is -2.41. The number of amides is 1. The first-order chi connectivity index (χ1) is 14.1. The van der Waals surface area contributed by atoms with E-state index in [0.29, 0.717) is 5.75 Å². The average Bonchev–Trinajstić information content (AvgIpc) is 2.72. The minimum absolute atomic E-state index is 0.0241. The highest BCUT2D eigenvalue weighted by Gasteiger charge is 2.24. The Labute approximate surface area is 184 Å². The van der Waals surface area contributed by atoms with Crippen molar-refractivity contribution in [3.05, 3.63) is 58.6 Å². The van der Waals surface area contributed by atoms with E-state index in [1.165, 1.54) is 38.3 Å². The highest BCUT2D eigenvalue weighted by molar-refractivity contribution is 9.10. The van der Waals surface area contributed by atoms with E-state index in [0.717, 1.165) is 10.0 Å². The van der Waals surface area contributed by atoms with Gasteiger partial charge in [0, 0.05) is 4.47 Å². The van der Waals surface area contributed by atoms with Crippen LogP contribution >= 0.6 is 15.9 Å². The second-order valence-electron chi connectivity index (χ2n) is 6.47. The summed E-state index contributed by atoms with van der Waals surface area (Å²) < 4.78 is 37.8. The van der Waals surface area contributed by atoms with Gasteiger partial charge in [-0.25, -0.2) is 8.42 Å². The number of esters is 1. The van der Waals surface area contributed by atoms with E-state index in [2.05, 4.69) is 26.0 Å². The number of ether oxygens (including phenoxy) is 2. The third kappa shape index (κ3) is 6.82. The van der Waals surface area contributed by atoms with Gasteiger partial charge in [-0.1, -0.05) is 28.1 Å². The summed E-state index contributed by atoms with van der Waals surface area (Å²) in [5.74, 6) is -0.854. The standard InChI is InChI=1S/C20H23BrN2O6S/c1-13(15-4-6-16(21)7-5-15)22-19(24)12-29-20(25)14(2)23-30(26,27)18-10-8-17(28-3)9-11-18/h4-11,13-14,23H,12H2,1-3H3,(H,22,24). The fourth-order valence-corrected chi connectivity index (χ4v) is 3.94. The molecule has 0 aliphatic heterocycles. The van der Waals surface area contributed by atoms with Gasteiger partial charge in [0.05, 0.1) is 18.0 Å². The van der Waals surface area contributed by atoms with Crippen molar-refractivity contribution in [1.82, 2.24) is 10.0 Å². The smallest absolute Gasteiger partial charge is 0.324 e. The Morgan fingerprint density at radius 2 is 1.63 bits per heavy atom. The predicted molar refractivity (Wildman–Crippen MR) is 114 cm³/mol. The molecule has 2 rings (SSSR count). The summed E-state index contributed by atoms with van der Waals surface area (Å²) in [7, 11) is -2.47. The molecule has 10 heteroatoms. The molecule has 8 nitrogen and oxygen atoms in total. The van der Waals surface area contributed by atoms with Crippen molar-refractivity contribution in [3.63, 3.8) is 0 Å². The molecule has 0 aromatic heterocycles. The highest BCUT2D eigenvalue weighted by Crippen LogP contribution is 2.17. The molecule has 0 radical (unpaired) electrons. The van der Waals surface area contributed by atoms with E-state index in [1.807, 2.05) is 24.3 Å². The lowest BCUT2D eigenvalue weighted by molar-refractivity contribution is -0.149. The van der Waals surface area contributed by atoms with Crippen LogP contribution < -0.4 is 14.8 Å². The lowest BCUT2D eigenvalue weighted by atomic mass is 10.1. The first-order valence-corrected chi connectivity index (χ1v) is 11.3. The van der Waals surface area contributed by atoms with Gasteiger partial charge in [0.2, 0.25) is 10.0 Å². The van der Waals surface area contributed by atoms with Crippen molar-refractivity contribution >= 4 is 37.8 Å². The Hall–Kier alpha value is -2.43. The van der Waals surface area contributed by atoms with Crippen molar-refractivity contribution < 1.29 is 27.5 Å². The first-order valence-electron chi connectivity index (χ1n) is 9.00. The molecule has 0 saturated heterocycles. The van der Waals surface area contributed by atoms with Crippen molar-refractivity contribution in [2.24, 2.45) is 0 Å². The SMILES string of the molecule is COc1ccc(S(=O)(=O)NC(C)C(=O)OCC(=O)NC(C)c2ccc(Br)cc2)cc1. The van der Waals surface area contributed by atoms with Crippen molar-refractivity contribution in [3.8, 4) is 5.75 Å². The summed E-state index contributed by atoms with van der Waals surface area (Å²) >= 11 is 3.34. The van der Waals surface area contributed by atoms with Crippen LogP contribution in [0.1, 0.15) is 25.5 Å². The van der Waals surface area contributed by atoms with Gasteiger partial charge in [-0.2, -0.15) is 4.72 Å². The zero-order valence-corrected chi connectivity index (χ0v) is 19.1. The van der Waals surface area contributed by atoms with Crippen molar-refractivity contribution in [2.45, 2.75) is 30.8 Å². The number of carbonyl (C=O) groups excluding carboxylic acids is 2. The topological polar surface area (TPSA) is 111 Å². The van der Waals surface area contributed by atoms with Gasteiger partial charge in [0.25, 0.3) is 5.91 Å². The number of nitrogens with one attached hydrogen (secondary N) is 2. The number of methoxy groups -OCH3 is 1. The summed E-state index contributed by atoms with van der Waals surface area (Å²) in [6.07, 6.45) is 0. The van der Waals surface area contributed by atoms with Gasteiger partial charge in [-0.05, 0) is 55.8 Å². The Morgan fingerprint density at radius 3 is 2.20 bits per heavy atom. The minimum Gasteiger partial charge on any atom is -0.497 e. The molecular weight excluding hydrogens is 476 g/mol. The average molecular weight is 499 g/mol. The molecule has 0 bridgehead atoms. The van der Waals surface area contributed by atoms with Crippen LogP contribution in [0, 0.1) is 0 Å². The third-order valence-electron chi connectivity index (χ3n) is 4.15. The molecule has 1 amide bonds. The molecule has 0 spiro atoms. The highest BCUT2D eigenvalue weighted by atomic mass is 79.9. The molecular formula is C20H23BrN2O6S. The Morgan fingerprint density at radius 1 is 1.03 bits per heavy atom. The van der Waals surface area contributed by atoms with Gasteiger partial charge in [-0.3, -0.25) is 9.59 Å². The van der Waals surface area contributed by atoms with Crippen LogP contribution in [-0.2, 0) is 24.3 Å². The van der Waals surface area contributed by atoms with Crippen LogP contribution in [0.5, 0.6) is 5.75 Å². The van der Waals surface area contributed by atoms with E-state index < -0.39 is 34.5 Å². The zero-order valence-electron chi connectivity index (χ0n) is 16.7. The Bertz CT molecular complexity index is 977. The summed E-state index contributed by atoms with van der Waals surface area (Å²) in [6, 6.07) is 11.7. The maximum Gasteiger partial charge on any atom is 0.324 e. The summed E-state index contributed by atoms with van der Waals surface area (Å²) in [5, 5.41) is 2.71. The summed E-state index contributed by atoms with van der Waals surface area (Å²) in [5.41, 5.74) is 0.887. The van der Waals surface area contributed by atoms with Gasteiger partial charge >= 0.3 is 5.97 Å². The molecule has 2 aromatic rings. The maximum absolute atomic E-state index is 12.4. The molecule has 2 aromatic carbocycles. The van der Waals surface area contributed by atoms with Crippen LogP contribution in [0.2, 0.25) is 0 Å². The molecule has 0 aliphatic carbocycles. The number of halogens is 1. The fraction of sp³-hybridized carbons (Fsp3) is 0.300. The number of benzene rings is 2. The molecule has 2 atom stereocenters. The van der Waals surface area contributed by atoms with Crippen molar-refractivity contribution in [1.29, 1.82) is 0 Å².